The van der Waals surface area contributed by atoms with Gasteiger partial charge in [0.05, 0.1) is 28.7 Å². The molecule has 0 aromatic heterocycles. The summed E-state index contributed by atoms with van der Waals surface area (Å²) in [5, 5.41) is 0. The molecule has 1 aromatic rings. The number of carbonyl (C=O) groups is 2. The third-order valence-electron chi connectivity index (χ3n) is 4.81. The first-order valence-corrected chi connectivity index (χ1v) is 7.69. The average molecular weight is 348 g/mol. The van der Waals surface area contributed by atoms with Crippen molar-refractivity contribution in [1.82, 2.24) is 0 Å². The van der Waals surface area contributed by atoms with E-state index in [2.05, 4.69) is 15.9 Å². The summed E-state index contributed by atoms with van der Waals surface area (Å²) in [6.07, 6.45) is 3.84. The van der Waals surface area contributed by atoms with Gasteiger partial charge in [-0.1, -0.05) is 28.1 Å². The van der Waals surface area contributed by atoms with Crippen molar-refractivity contribution in [3.8, 4) is 0 Å². The maximum atomic E-state index is 12.8. The van der Waals surface area contributed by atoms with Crippen LogP contribution in [0.25, 0.3) is 0 Å². The molecule has 3 aliphatic heterocycles. The van der Waals surface area contributed by atoms with E-state index >= 15 is 0 Å². The van der Waals surface area contributed by atoms with Crippen molar-refractivity contribution in [3.05, 3.63) is 40.9 Å². The van der Waals surface area contributed by atoms with Gasteiger partial charge < -0.3 is 4.74 Å². The maximum Gasteiger partial charge on any atom is 0.241 e. The lowest BCUT2D eigenvalue weighted by Gasteiger charge is -2.25. The third kappa shape index (κ3) is 1.53. The number of imide groups is 1. The molecule has 3 aliphatic rings. The van der Waals surface area contributed by atoms with E-state index in [0.29, 0.717) is 5.69 Å². The zero-order valence-electron chi connectivity index (χ0n) is 11.7. The van der Waals surface area contributed by atoms with Gasteiger partial charge in [-0.3, -0.25) is 9.59 Å². The lowest BCUT2D eigenvalue weighted by Crippen LogP contribution is -2.39. The highest BCUT2D eigenvalue weighted by Crippen LogP contribution is 2.57. The van der Waals surface area contributed by atoms with Crippen LogP contribution in [-0.2, 0) is 14.3 Å². The van der Waals surface area contributed by atoms with Crippen molar-refractivity contribution in [2.45, 2.75) is 25.0 Å². The van der Waals surface area contributed by atoms with Gasteiger partial charge in [0.25, 0.3) is 0 Å². The number of anilines is 1. The van der Waals surface area contributed by atoms with Crippen LogP contribution < -0.4 is 4.90 Å². The number of rotatable bonds is 1. The van der Waals surface area contributed by atoms with E-state index in [1.807, 2.05) is 38.1 Å². The molecule has 4 atom stereocenters. The van der Waals surface area contributed by atoms with Crippen LogP contribution in [-0.4, -0.2) is 23.0 Å². The van der Waals surface area contributed by atoms with E-state index < -0.39 is 23.0 Å². The summed E-state index contributed by atoms with van der Waals surface area (Å²) in [5.41, 5.74) is -0.721. The number of benzene rings is 1. The van der Waals surface area contributed by atoms with E-state index in [1.165, 1.54) is 4.90 Å². The minimum Gasteiger partial charge on any atom is -0.359 e. The standard InChI is InChI=1S/C16H14BrNO3/c1-15-7-8-16(2,21-15)12-11(15)13(19)18(14(12)20)10-5-3-9(17)4-6-10/h3-8,11-12H,1-2H3/t11-,12+,15-,16-/m1/s1. The molecule has 2 fully saturated rings. The molecule has 0 spiro atoms. The first kappa shape index (κ1) is 13.2. The molecule has 4 nitrogen and oxygen atoms in total. The Kier molecular flexibility index (Phi) is 2.42. The third-order valence-corrected chi connectivity index (χ3v) is 5.34. The van der Waals surface area contributed by atoms with Crippen LogP contribution in [0.3, 0.4) is 0 Å². The van der Waals surface area contributed by atoms with E-state index in [4.69, 9.17) is 4.74 Å². The number of fused-ring (bicyclic) bond motifs is 5. The van der Waals surface area contributed by atoms with Crippen molar-refractivity contribution in [1.29, 1.82) is 0 Å². The Labute approximate surface area is 130 Å². The predicted octanol–water partition coefficient (Wildman–Crippen LogP) is 2.67. The SMILES string of the molecule is C[C@]12C=C[C@@](C)(O1)[C@H]1C(=O)N(c3ccc(Br)cc3)C(=O)[C@H]12. The first-order chi connectivity index (χ1) is 9.86. The lowest BCUT2D eigenvalue weighted by atomic mass is 9.73. The van der Waals surface area contributed by atoms with Crippen molar-refractivity contribution < 1.29 is 14.3 Å². The number of carbonyl (C=O) groups excluding carboxylic acids is 2. The van der Waals surface area contributed by atoms with Crippen LogP contribution in [0, 0.1) is 11.8 Å². The fraction of sp³-hybridized carbons (Fsp3) is 0.375. The summed E-state index contributed by atoms with van der Waals surface area (Å²) in [4.78, 5) is 26.9. The Morgan fingerprint density at radius 3 is 1.95 bits per heavy atom. The number of hydrogen-bond donors (Lipinski definition) is 0. The molecule has 0 saturated carbocycles. The molecule has 4 rings (SSSR count). The number of hydrogen-bond acceptors (Lipinski definition) is 3. The van der Waals surface area contributed by atoms with Gasteiger partial charge >= 0.3 is 0 Å². The van der Waals surface area contributed by atoms with Crippen LogP contribution in [0.15, 0.2) is 40.9 Å². The van der Waals surface area contributed by atoms with Gasteiger partial charge in [0, 0.05) is 4.47 Å². The summed E-state index contributed by atoms with van der Waals surface area (Å²) >= 11 is 3.36. The van der Waals surface area contributed by atoms with Crippen molar-refractivity contribution >= 4 is 33.4 Å². The molecule has 0 aliphatic carbocycles. The topological polar surface area (TPSA) is 46.6 Å². The maximum absolute atomic E-state index is 12.8. The fourth-order valence-electron chi connectivity index (χ4n) is 3.88. The van der Waals surface area contributed by atoms with Gasteiger partial charge in [0.15, 0.2) is 0 Å². The fourth-order valence-corrected chi connectivity index (χ4v) is 4.14. The van der Waals surface area contributed by atoms with Crippen LogP contribution in [0.1, 0.15) is 13.8 Å². The highest BCUT2D eigenvalue weighted by atomic mass is 79.9. The number of nitrogens with zero attached hydrogens (tertiary/aromatic N) is 1. The normalized spacial score (nSPS) is 40.2. The zero-order chi connectivity index (χ0) is 15.0. The Hall–Kier alpha value is -1.46. The van der Waals surface area contributed by atoms with Crippen molar-refractivity contribution in [2.24, 2.45) is 11.8 Å². The van der Waals surface area contributed by atoms with E-state index in [0.717, 1.165) is 4.47 Å². The van der Waals surface area contributed by atoms with Gasteiger partial charge in [0.1, 0.15) is 0 Å². The highest BCUT2D eigenvalue weighted by Gasteiger charge is 2.70. The van der Waals surface area contributed by atoms with Gasteiger partial charge in [-0.25, -0.2) is 4.90 Å². The molecular weight excluding hydrogens is 334 g/mol. The Bertz CT molecular complexity index is 662. The molecule has 0 radical (unpaired) electrons. The molecule has 5 heteroatoms. The van der Waals surface area contributed by atoms with Crippen LogP contribution in [0.4, 0.5) is 5.69 Å². The zero-order valence-corrected chi connectivity index (χ0v) is 13.3. The molecule has 2 amide bonds. The van der Waals surface area contributed by atoms with Gasteiger partial charge in [-0.05, 0) is 38.1 Å². The molecule has 21 heavy (non-hydrogen) atoms. The number of ether oxygens (including phenoxy) is 1. The number of halogens is 1. The Morgan fingerprint density at radius 2 is 1.48 bits per heavy atom. The van der Waals surface area contributed by atoms with E-state index in [-0.39, 0.29) is 11.8 Å². The van der Waals surface area contributed by atoms with E-state index in [9.17, 15) is 9.59 Å². The molecule has 2 saturated heterocycles. The van der Waals surface area contributed by atoms with Crippen LogP contribution >= 0.6 is 15.9 Å². The monoisotopic (exact) mass is 347 g/mol. The van der Waals surface area contributed by atoms with Crippen LogP contribution in [0.2, 0.25) is 0 Å². The molecule has 0 unspecified atom stereocenters. The van der Waals surface area contributed by atoms with Gasteiger partial charge in [0.2, 0.25) is 11.8 Å². The minimum absolute atomic E-state index is 0.164. The van der Waals surface area contributed by atoms with Gasteiger partial charge in [-0.15, -0.1) is 0 Å². The quantitative estimate of drug-likeness (QED) is 0.579. The number of amides is 2. The van der Waals surface area contributed by atoms with Crippen molar-refractivity contribution in [2.75, 3.05) is 4.90 Å². The molecule has 1 aromatic carbocycles. The summed E-state index contributed by atoms with van der Waals surface area (Å²) in [7, 11) is 0. The highest BCUT2D eigenvalue weighted by molar-refractivity contribution is 9.10. The molecule has 2 bridgehead atoms. The minimum atomic E-state index is -0.670. The lowest BCUT2D eigenvalue weighted by molar-refractivity contribution is -0.128. The predicted molar refractivity (Wildman–Crippen MR) is 80.7 cm³/mol. The molecule has 0 N–H and O–H groups in total. The smallest absolute Gasteiger partial charge is 0.241 e. The molecule has 3 heterocycles. The Balaban J connectivity index is 1.80. The molecule has 108 valence electrons. The Morgan fingerprint density at radius 1 is 1.00 bits per heavy atom. The second-order valence-electron chi connectivity index (χ2n) is 6.25. The second-order valence-corrected chi connectivity index (χ2v) is 7.16. The van der Waals surface area contributed by atoms with Gasteiger partial charge in [-0.2, -0.15) is 0 Å². The average Bonchev–Trinajstić information content (AvgIpc) is 2.97. The van der Waals surface area contributed by atoms with Crippen LogP contribution in [0.5, 0.6) is 0 Å². The summed E-state index contributed by atoms with van der Waals surface area (Å²) in [6, 6.07) is 7.22. The summed E-state index contributed by atoms with van der Waals surface area (Å²) in [6.45, 7) is 3.77. The molecular formula is C16H14BrNO3. The van der Waals surface area contributed by atoms with Crippen molar-refractivity contribution in [3.63, 3.8) is 0 Å². The first-order valence-electron chi connectivity index (χ1n) is 6.90. The summed E-state index contributed by atoms with van der Waals surface area (Å²) < 4.78 is 6.88. The largest absolute Gasteiger partial charge is 0.359 e. The second kappa shape index (κ2) is 3.84. The van der Waals surface area contributed by atoms with E-state index in [1.54, 1.807) is 12.1 Å². The summed E-state index contributed by atoms with van der Waals surface area (Å²) in [5.74, 6) is -1.18.